The average molecular weight is 424 g/mol. The van der Waals surface area contributed by atoms with Gasteiger partial charge < -0.3 is 19.8 Å². The Morgan fingerprint density at radius 3 is 2.54 bits per heavy atom. The van der Waals surface area contributed by atoms with Gasteiger partial charge >= 0.3 is 0 Å². The molecule has 0 spiro atoms. The molecule has 2 rings (SSSR count). The third-order valence-electron chi connectivity index (χ3n) is 3.65. The van der Waals surface area contributed by atoms with Crippen LogP contribution in [-0.4, -0.2) is 40.6 Å². The third-order valence-corrected chi connectivity index (χ3v) is 5.76. The van der Waals surface area contributed by atoms with E-state index in [-0.39, 0.29) is 11.5 Å². The molecule has 1 heterocycles. The van der Waals surface area contributed by atoms with Crippen molar-refractivity contribution < 1.29 is 14.3 Å². The number of carbonyl (C=O) groups excluding carboxylic acids is 1. The zero-order valence-electron chi connectivity index (χ0n) is 16.6. The smallest absolute Gasteiger partial charge is 0.251 e. The second kappa shape index (κ2) is 10.4. The average Bonchev–Trinajstić information content (AvgIpc) is 2.65. The van der Waals surface area contributed by atoms with E-state index in [4.69, 9.17) is 9.47 Å². The van der Waals surface area contributed by atoms with Gasteiger partial charge in [0.15, 0.2) is 16.7 Å². The van der Waals surface area contributed by atoms with Crippen LogP contribution in [0.3, 0.4) is 0 Å². The molecular weight excluding hydrogens is 398 g/mol. The first-order valence-electron chi connectivity index (χ1n) is 8.73. The fourth-order valence-corrected chi connectivity index (χ4v) is 3.73. The Morgan fingerprint density at radius 2 is 1.89 bits per heavy atom. The van der Waals surface area contributed by atoms with Crippen LogP contribution in [-0.2, 0) is 10.5 Å². The Morgan fingerprint density at radius 1 is 1.18 bits per heavy atom. The summed E-state index contributed by atoms with van der Waals surface area (Å²) in [5.41, 5.74) is 1.08. The van der Waals surface area contributed by atoms with Gasteiger partial charge in [-0.25, -0.2) is 4.98 Å². The van der Waals surface area contributed by atoms with Crippen LogP contribution in [0.25, 0.3) is 0 Å². The SMILES string of the molecule is COc1ccc(NC(=O)C(C)Sc2nc(CSC(C)C)cc(=O)[nH]2)cc1OC. The molecule has 2 aromatic rings. The largest absolute Gasteiger partial charge is 0.493 e. The van der Waals surface area contributed by atoms with Gasteiger partial charge in [-0.1, -0.05) is 25.6 Å². The van der Waals surface area contributed by atoms with Gasteiger partial charge in [0.2, 0.25) is 5.91 Å². The first-order valence-corrected chi connectivity index (χ1v) is 10.7. The Labute approximate surface area is 173 Å². The maximum absolute atomic E-state index is 12.5. The molecule has 0 radical (unpaired) electrons. The second-order valence-corrected chi connectivity index (χ2v) is 9.12. The number of anilines is 1. The van der Waals surface area contributed by atoms with Gasteiger partial charge in [-0.3, -0.25) is 9.59 Å². The van der Waals surface area contributed by atoms with E-state index in [1.54, 1.807) is 44.0 Å². The zero-order valence-corrected chi connectivity index (χ0v) is 18.2. The van der Waals surface area contributed by atoms with Crippen LogP contribution in [0.1, 0.15) is 26.5 Å². The predicted molar refractivity (Wildman–Crippen MR) is 115 cm³/mol. The molecule has 1 atom stereocenters. The molecule has 7 nitrogen and oxygen atoms in total. The number of aromatic nitrogens is 2. The molecule has 0 bridgehead atoms. The van der Waals surface area contributed by atoms with E-state index in [0.29, 0.717) is 39.0 Å². The number of benzene rings is 1. The summed E-state index contributed by atoms with van der Waals surface area (Å²) >= 11 is 2.92. The van der Waals surface area contributed by atoms with Gasteiger partial charge in [-0.15, -0.1) is 0 Å². The normalized spacial score (nSPS) is 11.9. The molecule has 28 heavy (non-hydrogen) atoms. The number of hydrogen-bond donors (Lipinski definition) is 2. The highest BCUT2D eigenvalue weighted by atomic mass is 32.2. The van der Waals surface area contributed by atoms with Gasteiger partial charge in [-0.05, 0) is 24.3 Å². The molecule has 1 aromatic heterocycles. The minimum atomic E-state index is -0.454. The van der Waals surface area contributed by atoms with Crippen LogP contribution in [0.2, 0.25) is 0 Å². The molecule has 152 valence electrons. The van der Waals surface area contributed by atoms with Crippen LogP contribution in [0, 0.1) is 0 Å². The number of carbonyl (C=O) groups is 1. The van der Waals surface area contributed by atoms with E-state index in [2.05, 4.69) is 29.1 Å². The molecule has 2 N–H and O–H groups in total. The number of rotatable bonds is 9. The monoisotopic (exact) mass is 423 g/mol. The lowest BCUT2D eigenvalue weighted by Gasteiger charge is -2.14. The van der Waals surface area contributed by atoms with E-state index >= 15 is 0 Å². The van der Waals surface area contributed by atoms with Crippen molar-refractivity contribution >= 4 is 35.1 Å². The number of nitrogens with zero attached hydrogens (tertiary/aromatic N) is 1. The van der Waals surface area contributed by atoms with E-state index in [9.17, 15) is 9.59 Å². The van der Waals surface area contributed by atoms with Crippen molar-refractivity contribution in [3.63, 3.8) is 0 Å². The number of amides is 1. The summed E-state index contributed by atoms with van der Waals surface area (Å²) < 4.78 is 10.4. The van der Waals surface area contributed by atoms with Crippen LogP contribution >= 0.6 is 23.5 Å². The van der Waals surface area contributed by atoms with E-state index in [0.717, 1.165) is 0 Å². The van der Waals surface area contributed by atoms with Gasteiger partial charge in [0.25, 0.3) is 5.56 Å². The molecule has 0 aliphatic carbocycles. The third kappa shape index (κ3) is 6.49. The molecule has 1 amide bonds. The first-order chi connectivity index (χ1) is 13.3. The van der Waals surface area contributed by atoms with Crippen LogP contribution in [0.4, 0.5) is 5.69 Å². The fourth-order valence-electron chi connectivity index (χ4n) is 2.24. The van der Waals surface area contributed by atoms with Gasteiger partial charge in [0.05, 0.1) is 25.2 Å². The first kappa shape index (κ1) is 22.2. The quantitative estimate of drug-likeness (QED) is 0.471. The Bertz CT molecular complexity index is 870. The van der Waals surface area contributed by atoms with E-state index in [1.807, 2.05) is 0 Å². The van der Waals surface area contributed by atoms with Gasteiger partial charge in [-0.2, -0.15) is 11.8 Å². The summed E-state index contributed by atoms with van der Waals surface area (Å²) in [5.74, 6) is 1.56. The number of hydrogen-bond acceptors (Lipinski definition) is 7. The van der Waals surface area contributed by atoms with Crippen molar-refractivity contribution in [1.29, 1.82) is 0 Å². The lowest BCUT2D eigenvalue weighted by atomic mass is 10.2. The standard InChI is InChI=1S/C19H25N3O4S2/c1-11(2)27-10-14-9-17(23)22-19(21-14)28-12(3)18(24)20-13-6-7-15(25-4)16(8-13)26-5/h6-9,11-12H,10H2,1-5H3,(H,20,24)(H,21,22,23). The number of H-pyrrole nitrogens is 1. The number of nitrogens with one attached hydrogen (secondary N) is 2. The zero-order chi connectivity index (χ0) is 20.7. The minimum absolute atomic E-state index is 0.207. The number of thioether (sulfide) groups is 2. The molecule has 0 aliphatic rings. The van der Waals surface area contributed by atoms with E-state index in [1.165, 1.54) is 24.9 Å². The van der Waals surface area contributed by atoms with Crippen molar-refractivity contribution in [1.82, 2.24) is 9.97 Å². The Hall–Kier alpha value is -2.13. The molecule has 9 heteroatoms. The lowest BCUT2D eigenvalue weighted by Crippen LogP contribution is -2.23. The van der Waals surface area contributed by atoms with Crippen molar-refractivity contribution in [3.05, 3.63) is 40.3 Å². The molecule has 1 aromatic carbocycles. The summed E-state index contributed by atoms with van der Waals surface area (Å²) in [6.07, 6.45) is 0. The number of aromatic amines is 1. The van der Waals surface area contributed by atoms with Gasteiger partial charge in [0.1, 0.15) is 0 Å². The Kier molecular flexibility index (Phi) is 8.25. The minimum Gasteiger partial charge on any atom is -0.493 e. The van der Waals surface area contributed by atoms with E-state index < -0.39 is 5.25 Å². The van der Waals surface area contributed by atoms with Crippen molar-refractivity contribution in [2.24, 2.45) is 0 Å². The highest BCUT2D eigenvalue weighted by molar-refractivity contribution is 8.00. The summed E-state index contributed by atoms with van der Waals surface area (Å²) in [6, 6.07) is 6.65. The fraction of sp³-hybridized carbons (Fsp3) is 0.421. The van der Waals surface area contributed by atoms with Crippen molar-refractivity contribution in [3.8, 4) is 11.5 Å². The molecule has 0 saturated heterocycles. The lowest BCUT2D eigenvalue weighted by molar-refractivity contribution is -0.115. The predicted octanol–water partition coefficient (Wildman–Crippen LogP) is 3.55. The topological polar surface area (TPSA) is 93.3 Å². The number of ether oxygens (including phenoxy) is 2. The molecule has 0 saturated carbocycles. The van der Waals surface area contributed by atoms with Crippen LogP contribution < -0.4 is 20.3 Å². The maximum atomic E-state index is 12.5. The maximum Gasteiger partial charge on any atom is 0.251 e. The summed E-state index contributed by atoms with van der Waals surface area (Å²) in [4.78, 5) is 31.6. The highest BCUT2D eigenvalue weighted by Gasteiger charge is 2.17. The molecule has 0 fully saturated rings. The second-order valence-electron chi connectivity index (χ2n) is 6.22. The van der Waals surface area contributed by atoms with Gasteiger partial charge in [0, 0.05) is 23.6 Å². The van der Waals surface area contributed by atoms with Crippen LogP contribution in [0.15, 0.2) is 34.2 Å². The summed E-state index contributed by atoms with van der Waals surface area (Å²) in [7, 11) is 3.09. The van der Waals surface area contributed by atoms with Crippen LogP contribution in [0.5, 0.6) is 11.5 Å². The molecule has 1 unspecified atom stereocenters. The summed E-state index contributed by atoms with van der Waals surface area (Å²) in [6.45, 7) is 5.94. The Balaban J connectivity index is 2.05. The highest BCUT2D eigenvalue weighted by Crippen LogP contribution is 2.30. The molecule has 0 aliphatic heterocycles. The molecular formula is C19H25N3O4S2. The van der Waals surface area contributed by atoms with Crippen molar-refractivity contribution in [2.75, 3.05) is 19.5 Å². The summed E-state index contributed by atoms with van der Waals surface area (Å²) in [5, 5.41) is 3.26. The number of methoxy groups -OCH3 is 2. The van der Waals surface area contributed by atoms with Crippen molar-refractivity contribution in [2.45, 2.75) is 42.2 Å².